The Morgan fingerprint density at radius 3 is 2.52 bits per heavy atom. The van der Waals surface area contributed by atoms with Gasteiger partial charge < -0.3 is 10.2 Å². The molecule has 1 aliphatic rings. The maximum absolute atomic E-state index is 12.3. The minimum absolute atomic E-state index is 0. The second-order valence-corrected chi connectivity index (χ2v) is 5.61. The molecular formula is C14H16BrClN4O. The van der Waals surface area contributed by atoms with Gasteiger partial charge in [-0.3, -0.25) is 4.79 Å². The van der Waals surface area contributed by atoms with Crippen molar-refractivity contribution in [3.05, 3.63) is 46.7 Å². The molecule has 1 saturated heterocycles. The van der Waals surface area contributed by atoms with Crippen molar-refractivity contribution in [1.29, 1.82) is 0 Å². The summed E-state index contributed by atoms with van der Waals surface area (Å²) in [6.07, 6.45) is 3.42. The Morgan fingerprint density at radius 1 is 1.19 bits per heavy atom. The Kier molecular flexibility index (Phi) is 5.39. The summed E-state index contributed by atoms with van der Waals surface area (Å²) < 4.78 is 2.74. The number of benzene rings is 1. The SMILES string of the molecule is Cl.O=C(c1cnn(-c2ccc(Br)cc2)c1)N1CCNCC1. The average Bonchev–Trinajstić information content (AvgIpc) is 2.98. The summed E-state index contributed by atoms with van der Waals surface area (Å²) >= 11 is 3.40. The monoisotopic (exact) mass is 370 g/mol. The van der Waals surface area contributed by atoms with E-state index in [9.17, 15) is 4.79 Å². The smallest absolute Gasteiger partial charge is 0.257 e. The van der Waals surface area contributed by atoms with E-state index in [1.807, 2.05) is 29.2 Å². The fraction of sp³-hybridized carbons (Fsp3) is 0.286. The summed E-state index contributed by atoms with van der Waals surface area (Å²) in [5.74, 6) is 0.0508. The van der Waals surface area contributed by atoms with Gasteiger partial charge >= 0.3 is 0 Å². The largest absolute Gasteiger partial charge is 0.336 e. The first-order chi connectivity index (χ1) is 9.74. The van der Waals surface area contributed by atoms with E-state index in [1.54, 1.807) is 17.1 Å². The number of piperazine rings is 1. The Hall–Kier alpha value is -1.37. The molecule has 1 aromatic carbocycles. The van der Waals surface area contributed by atoms with Crippen molar-refractivity contribution in [2.75, 3.05) is 26.2 Å². The number of aromatic nitrogens is 2. The number of carbonyl (C=O) groups excluding carboxylic acids is 1. The summed E-state index contributed by atoms with van der Waals surface area (Å²) in [6, 6.07) is 7.82. The summed E-state index contributed by atoms with van der Waals surface area (Å²) in [6.45, 7) is 3.21. The van der Waals surface area contributed by atoms with Gasteiger partial charge in [-0.2, -0.15) is 5.10 Å². The topological polar surface area (TPSA) is 50.2 Å². The van der Waals surface area contributed by atoms with Crippen LogP contribution in [0.4, 0.5) is 0 Å². The zero-order valence-electron chi connectivity index (χ0n) is 11.3. The first-order valence-electron chi connectivity index (χ1n) is 6.54. The lowest BCUT2D eigenvalue weighted by Gasteiger charge is -2.26. The van der Waals surface area contributed by atoms with Gasteiger partial charge in [0.2, 0.25) is 0 Å². The van der Waals surface area contributed by atoms with E-state index in [-0.39, 0.29) is 18.3 Å². The number of hydrogen-bond donors (Lipinski definition) is 1. The molecule has 0 aliphatic carbocycles. The average molecular weight is 372 g/mol. The molecule has 2 aromatic rings. The van der Waals surface area contributed by atoms with E-state index in [1.165, 1.54) is 0 Å². The molecule has 0 spiro atoms. The lowest BCUT2D eigenvalue weighted by Crippen LogP contribution is -2.46. The van der Waals surface area contributed by atoms with Gasteiger partial charge in [-0.15, -0.1) is 12.4 Å². The molecule has 7 heteroatoms. The molecule has 1 aliphatic heterocycles. The first-order valence-corrected chi connectivity index (χ1v) is 7.34. The Labute approximate surface area is 137 Å². The molecule has 5 nitrogen and oxygen atoms in total. The zero-order chi connectivity index (χ0) is 13.9. The maximum Gasteiger partial charge on any atom is 0.257 e. The van der Waals surface area contributed by atoms with Crippen LogP contribution in [0.1, 0.15) is 10.4 Å². The Morgan fingerprint density at radius 2 is 1.86 bits per heavy atom. The van der Waals surface area contributed by atoms with Crippen LogP contribution >= 0.6 is 28.3 Å². The quantitative estimate of drug-likeness (QED) is 0.879. The van der Waals surface area contributed by atoms with Crippen LogP contribution in [-0.2, 0) is 0 Å². The lowest BCUT2D eigenvalue weighted by atomic mass is 10.2. The molecule has 112 valence electrons. The van der Waals surface area contributed by atoms with Crippen LogP contribution in [0.15, 0.2) is 41.1 Å². The second kappa shape index (κ2) is 7.06. The van der Waals surface area contributed by atoms with Crippen LogP contribution in [0.3, 0.4) is 0 Å². The third kappa shape index (κ3) is 3.64. The molecule has 1 aromatic heterocycles. The van der Waals surface area contributed by atoms with E-state index in [2.05, 4.69) is 26.3 Å². The van der Waals surface area contributed by atoms with Crippen LogP contribution in [0.2, 0.25) is 0 Å². The van der Waals surface area contributed by atoms with Crippen LogP contribution in [0, 0.1) is 0 Å². The Balaban J connectivity index is 0.00000161. The summed E-state index contributed by atoms with van der Waals surface area (Å²) in [5, 5.41) is 7.51. The minimum atomic E-state index is 0. The van der Waals surface area contributed by atoms with Crippen LogP contribution in [-0.4, -0.2) is 46.8 Å². The van der Waals surface area contributed by atoms with Gasteiger partial charge in [0.05, 0.1) is 17.4 Å². The van der Waals surface area contributed by atoms with E-state index < -0.39 is 0 Å². The van der Waals surface area contributed by atoms with E-state index >= 15 is 0 Å². The van der Waals surface area contributed by atoms with E-state index in [0.29, 0.717) is 5.56 Å². The van der Waals surface area contributed by atoms with Crippen LogP contribution in [0.5, 0.6) is 0 Å². The molecule has 1 fully saturated rings. The molecule has 0 radical (unpaired) electrons. The summed E-state index contributed by atoms with van der Waals surface area (Å²) in [7, 11) is 0. The van der Waals surface area contributed by atoms with Gasteiger partial charge in [0.1, 0.15) is 0 Å². The highest BCUT2D eigenvalue weighted by atomic mass is 79.9. The van der Waals surface area contributed by atoms with Gasteiger partial charge in [0.25, 0.3) is 5.91 Å². The Bertz CT molecular complexity index is 608. The number of amides is 1. The molecule has 1 amide bonds. The molecule has 0 atom stereocenters. The van der Waals surface area contributed by atoms with Crippen LogP contribution < -0.4 is 5.32 Å². The molecule has 2 heterocycles. The molecule has 0 unspecified atom stereocenters. The van der Waals surface area contributed by atoms with Crippen molar-refractivity contribution in [2.45, 2.75) is 0 Å². The van der Waals surface area contributed by atoms with Crippen LogP contribution in [0.25, 0.3) is 5.69 Å². The minimum Gasteiger partial charge on any atom is -0.336 e. The predicted octanol–water partition coefficient (Wildman–Crippen LogP) is 2.10. The highest BCUT2D eigenvalue weighted by Crippen LogP contribution is 2.14. The van der Waals surface area contributed by atoms with Crippen molar-refractivity contribution in [3.8, 4) is 5.69 Å². The fourth-order valence-corrected chi connectivity index (χ4v) is 2.48. The maximum atomic E-state index is 12.3. The number of nitrogens with one attached hydrogen (secondary N) is 1. The van der Waals surface area contributed by atoms with Gasteiger partial charge in [-0.1, -0.05) is 15.9 Å². The van der Waals surface area contributed by atoms with E-state index in [4.69, 9.17) is 0 Å². The third-order valence-corrected chi connectivity index (χ3v) is 3.85. The fourth-order valence-electron chi connectivity index (χ4n) is 2.22. The highest BCUT2D eigenvalue weighted by molar-refractivity contribution is 9.10. The molecule has 1 N–H and O–H groups in total. The number of carbonyl (C=O) groups is 1. The van der Waals surface area contributed by atoms with Crippen molar-refractivity contribution in [2.24, 2.45) is 0 Å². The van der Waals surface area contributed by atoms with Gasteiger partial charge in [0, 0.05) is 36.8 Å². The molecule has 0 bridgehead atoms. The standard InChI is InChI=1S/C14H15BrN4O.ClH/c15-12-1-3-13(4-2-12)19-10-11(9-17-19)14(20)18-7-5-16-6-8-18;/h1-4,9-10,16H,5-8H2;1H. The first kappa shape index (κ1) is 16.0. The van der Waals surface area contributed by atoms with Crippen molar-refractivity contribution in [3.63, 3.8) is 0 Å². The van der Waals surface area contributed by atoms with E-state index in [0.717, 1.165) is 36.3 Å². The normalized spacial score (nSPS) is 14.6. The van der Waals surface area contributed by atoms with Gasteiger partial charge in [-0.05, 0) is 24.3 Å². The summed E-state index contributed by atoms with van der Waals surface area (Å²) in [5.41, 5.74) is 1.57. The number of nitrogens with zero attached hydrogens (tertiary/aromatic N) is 3. The molecule has 3 rings (SSSR count). The van der Waals surface area contributed by atoms with Crippen molar-refractivity contribution < 1.29 is 4.79 Å². The molecule has 0 saturated carbocycles. The molecule has 21 heavy (non-hydrogen) atoms. The second-order valence-electron chi connectivity index (χ2n) is 4.69. The lowest BCUT2D eigenvalue weighted by molar-refractivity contribution is 0.0736. The van der Waals surface area contributed by atoms with Crippen molar-refractivity contribution >= 4 is 34.2 Å². The zero-order valence-corrected chi connectivity index (χ0v) is 13.7. The van der Waals surface area contributed by atoms with Gasteiger partial charge in [0.15, 0.2) is 0 Å². The highest BCUT2D eigenvalue weighted by Gasteiger charge is 2.19. The van der Waals surface area contributed by atoms with Crippen molar-refractivity contribution in [1.82, 2.24) is 20.0 Å². The number of hydrogen-bond acceptors (Lipinski definition) is 3. The van der Waals surface area contributed by atoms with Gasteiger partial charge in [-0.25, -0.2) is 4.68 Å². The summed E-state index contributed by atoms with van der Waals surface area (Å²) in [4.78, 5) is 14.2. The predicted molar refractivity (Wildman–Crippen MR) is 87.3 cm³/mol. The molecular weight excluding hydrogens is 356 g/mol. The number of rotatable bonds is 2. The third-order valence-electron chi connectivity index (χ3n) is 3.32. The number of halogens is 2.